The lowest BCUT2D eigenvalue weighted by molar-refractivity contribution is -0.159. The van der Waals surface area contributed by atoms with Crippen LogP contribution in [0, 0.1) is 5.92 Å². The van der Waals surface area contributed by atoms with E-state index in [1.165, 1.54) is 12.1 Å². The summed E-state index contributed by atoms with van der Waals surface area (Å²) in [7, 11) is 0. The molecule has 1 aromatic heterocycles. The van der Waals surface area contributed by atoms with Crippen molar-refractivity contribution in [1.82, 2.24) is 15.0 Å². The van der Waals surface area contributed by atoms with Crippen molar-refractivity contribution >= 4 is 18.3 Å². The number of alkyl halides is 3. The van der Waals surface area contributed by atoms with Crippen LogP contribution >= 0.6 is 12.4 Å². The molecule has 26 heavy (non-hydrogen) atoms. The quantitative estimate of drug-likeness (QED) is 0.852. The van der Waals surface area contributed by atoms with E-state index in [0.717, 1.165) is 6.42 Å². The van der Waals surface area contributed by atoms with Gasteiger partial charge in [0, 0.05) is 30.3 Å². The van der Waals surface area contributed by atoms with Gasteiger partial charge in [-0.15, -0.1) is 12.4 Å². The number of rotatable bonds is 2. The Kier molecular flexibility index (Phi) is 5.92. The molecule has 2 aromatic rings. The lowest BCUT2D eigenvalue weighted by Crippen LogP contribution is -2.48. The summed E-state index contributed by atoms with van der Waals surface area (Å²) in [4.78, 5) is 17.6. The second-order valence-corrected chi connectivity index (χ2v) is 6.18. The molecular weight excluding hydrogens is 373 g/mol. The van der Waals surface area contributed by atoms with Gasteiger partial charge in [0.25, 0.3) is 5.91 Å². The van der Waals surface area contributed by atoms with Gasteiger partial charge in [0.1, 0.15) is 0 Å². The minimum atomic E-state index is -4.69. The number of benzene rings is 1. The van der Waals surface area contributed by atoms with Gasteiger partial charge in [0.05, 0.1) is 0 Å². The molecular formula is C16H18ClF3N4O2. The zero-order valence-corrected chi connectivity index (χ0v) is 14.7. The molecule has 1 aliphatic heterocycles. The highest BCUT2D eigenvalue weighted by Crippen LogP contribution is 2.29. The zero-order chi connectivity index (χ0) is 18.2. The molecule has 142 valence electrons. The molecule has 1 aliphatic rings. The molecule has 0 bridgehead atoms. The van der Waals surface area contributed by atoms with Gasteiger partial charge in [0.2, 0.25) is 5.82 Å². The summed E-state index contributed by atoms with van der Waals surface area (Å²) in [6, 6.07) is 6.17. The van der Waals surface area contributed by atoms with Crippen LogP contribution in [-0.2, 0) is 6.18 Å². The van der Waals surface area contributed by atoms with Crippen LogP contribution in [0.25, 0.3) is 11.4 Å². The summed E-state index contributed by atoms with van der Waals surface area (Å²) >= 11 is 0. The standard InChI is InChI=1S/C16H17F3N4O2.ClH/c1-9-8-23(7-6-12(9)20)14(24)11-4-2-10(3-5-11)13-21-15(25-22-13)16(17,18)19;/h2-5,9,12H,6-8,20H2,1H3;1H. The first-order valence-corrected chi connectivity index (χ1v) is 7.82. The average Bonchev–Trinajstić information content (AvgIpc) is 3.07. The minimum absolute atomic E-state index is 0. The van der Waals surface area contributed by atoms with Crippen LogP contribution in [0.1, 0.15) is 29.6 Å². The van der Waals surface area contributed by atoms with Gasteiger partial charge in [-0.05, 0) is 24.5 Å². The molecule has 2 heterocycles. The van der Waals surface area contributed by atoms with Gasteiger partial charge in [-0.3, -0.25) is 4.79 Å². The Morgan fingerprint density at radius 2 is 1.96 bits per heavy atom. The normalized spacial score (nSPS) is 20.6. The van der Waals surface area contributed by atoms with Gasteiger partial charge in [0.15, 0.2) is 0 Å². The minimum Gasteiger partial charge on any atom is -0.338 e. The second-order valence-electron chi connectivity index (χ2n) is 6.18. The number of aromatic nitrogens is 2. The van der Waals surface area contributed by atoms with E-state index in [1.807, 2.05) is 6.92 Å². The van der Waals surface area contributed by atoms with Crippen molar-refractivity contribution in [2.24, 2.45) is 11.7 Å². The monoisotopic (exact) mass is 390 g/mol. The third kappa shape index (κ3) is 4.16. The largest absolute Gasteiger partial charge is 0.471 e. The molecule has 0 saturated carbocycles. The fourth-order valence-electron chi connectivity index (χ4n) is 2.75. The Balaban J connectivity index is 0.00000243. The number of hydrogen-bond acceptors (Lipinski definition) is 5. The van der Waals surface area contributed by atoms with Crippen molar-refractivity contribution in [2.45, 2.75) is 25.6 Å². The summed E-state index contributed by atoms with van der Waals surface area (Å²) in [6.07, 6.45) is -3.94. The fraction of sp³-hybridized carbons (Fsp3) is 0.438. The van der Waals surface area contributed by atoms with Crippen LogP contribution in [-0.4, -0.2) is 40.1 Å². The van der Waals surface area contributed by atoms with Gasteiger partial charge >= 0.3 is 12.1 Å². The van der Waals surface area contributed by atoms with Crippen LogP contribution < -0.4 is 5.73 Å². The predicted molar refractivity (Wildman–Crippen MR) is 89.6 cm³/mol. The van der Waals surface area contributed by atoms with Gasteiger partial charge in [-0.2, -0.15) is 18.2 Å². The molecule has 1 amide bonds. The molecule has 10 heteroatoms. The highest BCUT2D eigenvalue weighted by atomic mass is 35.5. The lowest BCUT2D eigenvalue weighted by atomic mass is 9.94. The molecule has 2 atom stereocenters. The van der Waals surface area contributed by atoms with E-state index in [-0.39, 0.29) is 36.1 Å². The molecule has 2 unspecified atom stereocenters. The van der Waals surface area contributed by atoms with Crippen molar-refractivity contribution in [1.29, 1.82) is 0 Å². The summed E-state index contributed by atoms with van der Waals surface area (Å²) in [5, 5.41) is 3.32. The summed E-state index contributed by atoms with van der Waals surface area (Å²) < 4.78 is 41.7. The van der Waals surface area contributed by atoms with Crippen LogP contribution in [0.3, 0.4) is 0 Å². The number of carbonyl (C=O) groups excluding carboxylic acids is 1. The predicted octanol–water partition coefficient (Wildman–Crippen LogP) is 2.99. The molecule has 1 saturated heterocycles. The first-order valence-electron chi connectivity index (χ1n) is 7.82. The summed E-state index contributed by atoms with van der Waals surface area (Å²) in [6.45, 7) is 3.18. The molecule has 1 aromatic carbocycles. The SMILES string of the molecule is CC1CN(C(=O)c2ccc(-c3noc(C(F)(F)F)n3)cc2)CCC1N.Cl. The van der Waals surface area contributed by atoms with Crippen molar-refractivity contribution in [3.63, 3.8) is 0 Å². The Hall–Kier alpha value is -2.13. The maximum atomic E-state index is 12.5. The lowest BCUT2D eigenvalue weighted by Gasteiger charge is -2.35. The van der Waals surface area contributed by atoms with E-state index in [1.54, 1.807) is 17.0 Å². The summed E-state index contributed by atoms with van der Waals surface area (Å²) in [5.74, 6) is -1.49. The van der Waals surface area contributed by atoms with E-state index in [9.17, 15) is 18.0 Å². The van der Waals surface area contributed by atoms with Crippen molar-refractivity contribution in [2.75, 3.05) is 13.1 Å². The Morgan fingerprint density at radius 1 is 1.31 bits per heavy atom. The highest BCUT2D eigenvalue weighted by molar-refractivity contribution is 5.94. The fourth-order valence-corrected chi connectivity index (χ4v) is 2.75. The van der Waals surface area contributed by atoms with Crippen LogP contribution in [0.15, 0.2) is 28.8 Å². The first-order chi connectivity index (χ1) is 11.8. The number of piperidine rings is 1. The zero-order valence-electron chi connectivity index (χ0n) is 13.9. The Morgan fingerprint density at radius 3 is 2.50 bits per heavy atom. The van der Waals surface area contributed by atoms with E-state index in [4.69, 9.17) is 5.73 Å². The van der Waals surface area contributed by atoms with Crippen LogP contribution in [0.5, 0.6) is 0 Å². The number of amides is 1. The van der Waals surface area contributed by atoms with Gasteiger partial charge < -0.3 is 15.2 Å². The molecule has 1 fully saturated rings. The van der Waals surface area contributed by atoms with E-state index in [2.05, 4.69) is 14.7 Å². The van der Waals surface area contributed by atoms with E-state index >= 15 is 0 Å². The number of halogens is 4. The molecule has 3 rings (SSSR count). The molecule has 0 spiro atoms. The molecule has 0 radical (unpaired) electrons. The number of nitrogens with zero attached hydrogens (tertiary/aromatic N) is 3. The smallest absolute Gasteiger partial charge is 0.338 e. The number of carbonyl (C=O) groups is 1. The Bertz CT molecular complexity index is 764. The molecule has 2 N–H and O–H groups in total. The third-order valence-corrected chi connectivity index (χ3v) is 4.32. The maximum Gasteiger partial charge on any atom is 0.471 e. The van der Waals surface area contributed by atoms with Crippen LogP contribution in [0.4, 0.5) is 13.2 Å². The van der Waals surface area contributed by atoms with Crippen LogP contribution in [0.2, 0.25) is 0 Å². The van der Waals surface area contributed by atoms with E-state index < -0.39 is 12.1 Å². The number of hydrogen-bond donors (Lipinski definition) is 1. The number of nitrogens with two attached hydrogens (primary N) is 1. The molecule has 0 aliphatic carbocycles. The highest BCUT2D eigenvalue weighted by Gasteiger charge is 2.38. The van der Waals surface area contributed by atoms with Crippen molar-refractivity contribution in [3.05, 3.63) is 35.7 Å². The first kappa shape index (κ1) is 20.2. The Labute approximate surface area is 153 Å². The molecule has 6 nitrogen and oxygen atoms in total. The number of likely N-dealkylation sites (tertiary alicyclic amines) is 1. The average molecular weight is 391 g/mol. The van der Waals surface area contributed by atoms with E-state index in [0.29, 0.717) is 24.2 Å². The maximum absolute atomic E-state index is 12.5. The topological polar surface area (TPSA) is 85.2 Å². The van der Waals surface area contributed by atoms with Gasteiger partial charge in [-0.1, -0.05) is 24.2 Å². The van der Waals surface area contributed by atoms with Crippen molar-refractivity contribution < 1.29 is 22.5 Å². The van der Waals surface area contributed by atoms with Crippen molar-refractivity contribution in [3.8, 4) is 11.4 Å². The summed E-state index contributed by atoms with van der Waals surface area (Å²) in [5.41, 5.74) is 6.74. The second kappa shape index (κ2) is 7.63. The third-order valence-electron chi connectivity index (χ3n) is 4.32. The van der Waals surface area contributed by atoms with Gasteiger partial charge in [-0.25, -0.2) is 0 Å².